The normalized spacial score (nSPS) is 10.3. The van der Waals surface area contributed by atoms with Crippen molar-refractivity contribution in [1.29, 1.82) is 0 Å². The molecular weight excluding hydrogens is 283 g/mol. The van der Waals surface area contributed by atoms with Crippen molar-refractivity contribution in [2.45, 2.75) is 13.5 Å². The summed E-state index contributed by atoms with van der Waals surface area (Å²) in [7, 11) is 0. The summed E-state index contributed by atoms with van der Waals surface area (Å²) in [5, 5.41) is 14.0. The average molecular weight is 295 g/mol. The van der Waals surface area contributed by atoms with Gasteiger partial charge < -0.3 is 5.32 Å². The first kappa shape index (κ1) is 14.3. The van der Waals surface area contributed by atoms with Crippen LogP contribution in [0.15, 0.2) is 36.4 Å². The minimum Gasteiger partial charge on any atom is -0.381 e. The van der Waals surface area contributed by atoms with E-state index in [2.05, 4.69) is 5.32 Å². The van der Waals surface area contributed by atoms with Gasteiger partial charge in [0.1, 0.15) is 5.82 Å². The number of benzene rings is 2. The van der Waals surface area contributed by atoms with E-state index in [-0.39, 0.29) is 11.5 Å². The summed E-state index contributed by atoms with van der Waals surface area (Å²) in [4.78, 5) is 10.1. The number of nitrogens with one attached hydrogen (secondary N) is 1. The highest BCUT2D eigenvalue weighted by Gasteiger charge is 2.09. The fraction of sp³-hybridized carbons (Fsp3) is 0.143. The van der Waals surface area contributed by atoms with E-state index in [9.17, 15) is 14.5 Å². The second-order valence-electron chi connectivity index (χ2n) is 4.35. The lowest BCUT2D eigenvalue weighted by Gasteiger charge is -2.09. The number of nitro benzene ring substituents is 1. The third-order valence-electron chi connectivity index (χ3n) is 2.89. The Kier molecular flexibility index (Phi) is 4.20. The van der Waals surface area contributed by atoms with Gasteiger partial charge in [-0.3, -0.25) is 10.1 Å². The van der Waals surface area contributed by atoms with Gasteiger partial charge in [-0.15, -0.1) is 0 Å². The summed E-state index contributed by atoms with van der Waals surface area (Å²) >= 11 is 5.99. The molecule has 0 saturated heterocycles. The summed E-state index contributed by atoms with van der Waals surface area (Å²) in [6, 6.07) is 9.02. The van der Waals surface area contributed by atoms with Gasteiger partial charge in [0, 0.05) is 24.4 Å². The number of hydrogen-bond donors (Lipinski definition) is 1. The van der Waals surface area contributed by atoms with Crippen LogP contribution < -0.4 is 5.32 Å². The summed E-state index contributed by atoms with van der Waals surface area (Å²) in [5.41, 5.74) is 2.00. The van der Waals surface area contributed by atoms with E-state index in [1.165, 1.54) is 18.2 Å². The Hall–Kier alpha value is -2.14. The van der Waals surface area contributed by atoms with E-state index in [1.54, 1.807) is 25.1 Å². The minimum atomic E-state index is -0.494. The molecule has 0 aliphatic carbocycles. The minimum absolute atomic E-state index is 0.0450. The maximum atomic E-state index is 13.1. The fourth-order valence-corrected chi connectivity index (χ4v) is 1.99. The van der Waals surface area contributed by atoms with E-state index >= 15 is 0 Å². The summed E-state index contributed by atoms with van der Waals surface area (Å²) in [6.45, 7) is 2.08. The van der Waals surface area contributed by atoms with Gasteiger partial charge in [0.25, 0.3) is 5.69 Å². The highest BCUT2D eigenvalue weighted by Crippen LogP contribution is 2.23. The standard InChI is InChI=1S/C14H12ClFN2O2/c1-9-6-11(3-5-14(9)16)17-8-10-2-4-12(18(19)20)7-13(10)15/h2-7,17H,8H2,1H3. The van der Waals surface area contributed by atoms with Gasteiger partial charge in [-0.2, -0.15) is 0 Å². The van der Waals surface area contributed by atoms with Gasteiger partial charge in [-0.1, -0.05) is 11.6 Å². The van der Waals surface area contributed by atoms with Gasteiger partial charge in [0.05, 0.1) is 9.95 Å². The Morgan fingerprint density at radius 3 is 2.65 bits per heavy atom. The second-order valence-corrected chi connectivity index (χ2v) is 4.76. The van der Waals surface area contributed by atoms with Crippen molar-refractivity contribution in [3.63, 3.8) is 0 Å². The van der Waals surface area contributed by atoms with E-state index in [0.29, 0.717) is 17.1 Å². The largest absolute Gasteiger partial charge is 0.381 e. The Labute approximate surface area is 120 Å². The van der Waals surface area contributed by atoms with Crippen LogP contribution in [0.4, 0.5) is 15.8 Å². The molecule has 0 saturated carbocycles. The molecule has 0 aromatic heterocycles. The van der Waals surface area contributed by atoms with Gasteiger partial charge in [0.15, 0.2) is 0 Å². The molecule has 0 amide bonds. The van der Waals surface area contributed by atoms with Crippen LogP contribution in [0.1, 0.15) is 11.1 Å². The topological polar surface area (TPSA) is 55.2 Å². The van der Waals surface area contributed by atoms with Gasteiger partial charge in [0.2, 0.25) is 0 Å². The molecule has 0 heterocycles. The molecular formula is C14H12ClFN2O2. The zero-order chi connectivity index (χ0) is 14.7. The van der Waals surface area contributed by atoms with Crippen molar-refractivity contribution in [2.75, 3.05) is 5.32 Å². The first-order valence-electron chi connectivity index (χ1n) is 5.90. The van der Waals surface area contributed by atoms with Crippen molar-refractivity contribution in [3.8, 4) is 0 Å². The molecule has 0 unspecified atom stereocenters. The SMILES string of the molecule is Cc1cc(NCc2ccc([N+](=O)[O-])cc2Cl)ccc1F. The van der Waals surface area contributed by atoms with Gasteiger partial charge in [-0.25, -0.2) is 4.39 Å². The Bertz CT molecular complexity index is 662. The monoisotopic (exact) mass is 294 g/mol. The number of hydrogen-bond acceptors (Lipinski definition) is 3. The van der Waals surface area contributed by atoms with Crippen molar-refractivity contribution >= 4 is 23.0 Å². The molecule has 0 aliphatic heterocycles. The molecule has 104 valence electrons. The molecule has 0 fully saturated rings. The van der Waals surface area contributed by atoms with Crippen LogP contribution in [0.25, 0.3) is 0 Å². The Balaban J connectivity index is 2.10. The van der Waals surface area contributed by atoms with Crippen LogP contribution in [0.2, 0.25) is 5.02 Å². The predicted octanol–water partition coefficient (Wildman–Crippen LogP) is 4.31. The smallest absolute Gasteiger partial charge is 0.270 e. The lowest BCUT2D eigenvalue weighted by Crippen LogP contribution is -2.01. The highest BCUT2D eigenvalue weighted by atomic mass is 35.5. The quantitative estimate of drug-likeness (QED) is 0.675. The molecule has 6 heteroatoms. The maximum absolute atomic E-state index is 13.1. The first-order valence-corrected chi connectivity index (χ1v) is 6.28. The van der Waals surface area contributed by atoms with E-state index in [1.807, 2.05) is 0 Å². The third-order valence-corrected chi connectivity index (χ3v) is 3.24. The zero-order valence-electron chi connectivity index (χ0n) is 10.7. The van der Waals surface area contributed by atoms with E-state index in [4.69, 9.17) is 11.6 Å². The summed E-state index contributed by atoms with van der Waals surface area (Å²) in [5.74, 6) is -0.260. The van der Waals surface area contributed by atoms with Crippen molar-refractivity contribution in [3.05, 3.63) is 68.5 Å². The van der Waals surface area contributed by atoms with Crippen LogP contribution in [-0.2, 0) is 6.54 Å². The fourth-order valence-electron chi connectivity index (χ4n) is 1.75. The average Bonchev–Trinajstić information content (AvgIpc) is 2.41. The number of nitro groups is 1. The van der Waals surface area contributed by atoms with E-state index < -0.39 is 4.92 Å². The molecule has 2 aromatic carbocycles. The number of halogens is 2. The molecule has 2 rings (SSSR count). The zero-order valence-corrected chi connectivity index (χ0v) is 11.4. The second kappa shape index (κ2) is 5.88. The third kappa shape index (κ3) is 3.24. The lowest BCUT2D eigenvalue weighted by molar-refractivity contribution is -0.384. The van der Waals surface area contributed by atoms with Crippen LogP contribution in [0.3, 0.4) is 0 Å². The van der Waals surface area contributed by atoms with Gasteiger partial charge >= 0.3 is 0 Å². The molecule has 2 aromatic rings. The molecule has 0 spiro atoms. The van der Waals surface area contributed by atoms with Crippen molar-refractivity contribution in [1.82, 2.24) is 0 Å². The number of rotatable bonds is 4. The molecule has 4 nitrogen and oxygen atoms in total. The maximum Gasteiger partial charge on any atom is 0.270 e. The van der Waals surface area contributed by atoms with Crippen molar-refractivity contribution < 1.29 is 9.31 Å². The number of non-ortho nitro benzene ring substituents is 1. The van der Waals surface area contributed by atoms with Crippen LogP contribution >= 0.6 is 11.6 Å². The summed E-state index contributed by atoms with van der Waals surface area (Å²) in [6.07, 6.45) is 0. The predicted molar refractivity (Wildman–Crippen MR) is 76.6 cm³/mol. The van der Waals surface area contributed by atoms with Crippen LogP contribution in [0, 0.1) is 22.9 Å². The Morgan fingerprint density at radius 2 is 2.05 bits per heavy atom. The van der Waals surface area contributed by atoms with Crippen LogP contribution in [0.5, 0.6) is 0 Å². The molecule has 0 bridgehead atoms. The molecule has 1 N–H and O–H groups in total. The highest BCUT2D eigenvalue weighted by molar-refractivity contribution is 6.31. The first-order chi connectivity index (χ1) is 9.47. The molecule has 0 atom stereocenters. The van der Waals surface area contributed by atoms with Gasteiger partial charge in [-0.05, 0) is 42.3 Å². The Morgan fingerprint density at radius 1 is 1.30 bits per heavy atom. The molecule has 0 radical (unpaired) electrons. The van der Waals surface area contributed by atoms with Crippen molar-refractivity contribution in [2.24, 2.45) is 0 Å². The molecule has 0 aliphatic rings. The number of aryl methyl sites for hydroxylation is 1. The van der Waals surface area contributed by atoms with Crippen LogP contribution in [-0.4, -0.2) is 4.92 Å². The number of anilines is 1. The van der Waals surface area contributed by atoms with E-state index in [0.717, 1.165) is 11.3 Å². The lowest BCUT2D eigenvalue weighted by atomic mass is 10.2. The molecule has 20 heavy (non-hydrogen) atoms. The summed E-state index contributed by atoms with van der Waals surface area (Å²) < 4.78 is 13.1. The number of nitrogens with zero attached hydrogens (tertiary/aromatic N) is 1.